The van der Waals surface area contributed by atoms with Gasteiger partial charge in [0.1, 0.15) is 0 Å². The van der Waals surface area contributed by atoms with Crippen molar-refractivity contribution in [2.24, 2.45) is 0 Å². The van der Waals surface area contributed by atoms with Crippen LogP contribution in [0.3, 0.4) is 0 Å². The Balaban J connectivity index is 1.54. The van der Waals surface area contributed by atoms with Gasteiger partial charge in [0.05, 0.1) is 17.5 Å². The number of nitrogens with zero attached hydrogens (tertiary/aromatic N) is 3. The number of aromatic nitrogens is 2. The summed E-state index contributed by atoms with van der Waals surface area (Å²) in [7, 11) is 0. The van der Waals surface area contributed by atoms with Gasteiger partial charge in [-0.3, -0.25) is 15.4 Å². The molecule has 7 heteroatoms. The van der Waals surface area contributed by atoms with Gasteiger partial charge >= 0.3 is 0 Å². The van der Waals surface area contributed by atoms with Crippen molar-refractivity contribution in [2.75, 3.05) is 0 Å². The smallest absolute Gasteiger partial charge is 0.270 e. The predicted octanol–water partition coefficient (Wildman–Crippen LogP) is 4.83. The van der Waals surface area contributed by atoms with Crippen molar-refractivity contribution in [3.8, 4) is 11.4 Å². The highest BCUT2D eigenvalue weighted by Crippen LogP contribution is 2.24. The third-order valence-electron chi connectivity index (χ3n) is 4.78. The molecular formula is C23H20N4O3. The first kappa shape index (κ1) is 19.5. The molecular weight excluding hydrogens is 380 g/mol. The van der Waals surface area contributed by atoms with Crippen molar-refractivity contribution in [3.63, 3.8) is 0 Å². The fraction of sp³-hybridized carbons (Fsp3) is 0.130. The molecule has 30 heavy (non-hydrogen) atoms. The molecule has 0 aliphatic rings. The zero-order valence-electron chi connectivity index (χ0n) is 16.4. The number of benzene rings is 3. The molecule has 1 atom stereocenters. The second-order valence-electron chi connectivity index (χ2n) is 6.95. The van der Waals surface area contributed by atoms with Gasteiger partial charge in [0.25, 0.3) is 5.69 Å². The highest BCUT2D eigenvalue weighted by Gasteiger charge is 2.17. The van der Waals surface area contributed by atoms with Gasteiger partial charge in [0.15, 0.2) is 0 Å². The standard InChI is InChI=1S/C23H20N4O3/c1-16-10-12-18(13-11-16)22(17-6-3-2-4-7-17)24-15-21-25-23(26-30-21)19-8-5-9-20(14-19)27(28)29/h2-14,22,24H,15H2,1H3. The van der Waals surface area contributed by atoms with E-state index in [4.69, 9.17) is 4.52 Å². The van der Waals surface area contributed by atoms with E-state index >= 15 is 0 Å². The molecule has 1 unspecified atom stereocenters. The van der Waals surface area contributed by atoms with Crippen LogP contribution in [-0.2, 0) is 6.54 Å². The van der Waals surface area contributed by atoms with Gasteiger partial charge in [-0.25, -0.2) is 0 Å². The van der Waals surface area contributed by atoms with E-state index in [1.807, 2.05) is 18.2 Å². The average molecular weight is 400 g/mol. The summed E-state index contributed by atoms with van der Waals surface area (Å²) in [5.41, 5.74) is 3.98. The molecule has 1 aromatic heterocycles. The molecule has 1 N–H and O–H groups in total. The zero-order valence-corrected chi connectivity index (χ0v) is 16.4. The number of hydrogen-bond donors (Lipinski definition) is 1. The minimum atomic E-state index is -0.446. The Kier molecular flexibility index (Phi) is 5.63. The monoisotopic (exact) mass is 400 g/mol. The van der Waals surface area contributed by atoms with Crippen LogP contribution < -0.4 is 5.32 Å². The lowest BCUT2D eigenvalue weighted by molar-refractivity contribution is -0.384. The minimum absolute atomic E-state index is 0.0134. The van der Waals surface area contributed by atoms with Gasteiger partial charge in [0.2, 0.25) is 11.7 Å². The topological polar surface area (TPSA) is 94.1 Å². The molecule has 4 aromatic rings. The van der Waals surface area contributed by atoms with Crippen molar-refractivity contribution in [1.29, 1.82) is 0 Å². The molecule has 7 nitrogen and oxygen atoms in total. The minimum Gasteiger partial charge on any atom is -0.338 e. The Morgan fingerprint density at radius 2 is 1.73 bits per heavy atom. The van der Waals surface area contributed by atoms with E-state index in [2.05, 4.69) is 58.8 Å². The Morgan fingerprint density at radius 1 is 1.00 bits per heavy atom. The first-order valence-electron chi connectivity index (χ1n) is 9.52. The highest BCUT2D eigenvalue weighted by molar-refractivity contribution is 5.58. The van der Waals surface area contributed by atoms with E-state index in [1.54, 1.807) is 12.1 Å². The second kappa shape index (κ2) is 8.67. The van der Waals surface area contributed by atoms with Gasteiger partial charge < -0.3 is 4.52 Å². The SMILES string of the molecule is Cc1ccc(C(NCc2nc(-c3cccc([N+](=O)[O-])c3)no2)c2ccccc2)cc1. The molecule has 0 aliphatic heterocycles. The zero-order chi connectivity index (χ0) is 20.9. The molecule has 0 radical (unpaired) electrons. The summed E-state index contributed by atoms with van der Waals surface area (Å²) in [5.74, 6) is 0.728. The van der Waals surface area contributed by atoms with Crippen molar-refractivity contribution in [1.82, 2.24) is 15.5 Å². The molecule has 4 rings (SSSR count). The Labute approximate surface area is 173 Å². The lowest BCUT2D eigenvalue weighted by Crippen LogP contribution is -2.22. The highest BCUT2D eigenvalue weighted by atomic mass is 16.6. The number of non-ortho nitro benzene ring substituents is 1. The first-order valence-corrected chi connectivity index (χ1v) is 9.52. The summed E-state index contributed by atoms with van der Waals surface area (Å²) in [6.07, 6.45) is 0. The summed E-state index contributed by atoms with van der Waals surface area (Å²) in [4.78, 5) is 14.9. The number of rotatable bonds is 7. The molecule has 0 amide bonds. The molecule has 0 spiro atoms. The first-order chi connectivity index (χ1) is 14.6. The quantitative estimate of drug-likeness (QED) is 0.353. The average Bonchev–Trinajstić information content (AvgIpc) is 3.25. The van der Waals surface area contributed by atoms with Crippen molar-refractivity contribution >= 4 is 5.69 Å². The Morgan fingerprint density at radius 3 is 2.47 bits per heavy atom. The molecule has 0 fully saturated rings. The maximum Gasteiger partial charge on any atom is 0.270 e. The van der Waals surface area contributed by atoms with Gasteiger partial charge in [-0.05, 0) is 18.1 Å². The summed E-state index contributed by atoms with van der Waals surface area (Å²) in [6.45, 7) is 2.41. The predicted molar refractivity (Wildman–Crippen MR) is 113 cm³/mol. The summed E-state index contributed by atoms with van der Waals surface area (Å²) in [6, 6.07) is 24.6. The normalized spacial score (nSPS) is 11.9. The largest absolute Gasteiger partial charge is 0.338 e. The molecule has 1 heterocycles. The summed E-state index contributed by atoms with van der Waals surface area (Å²) >= 11 is 0. The van der Waals surface area contributed by atoms with Gasteiger partial charge in [0, 0.05) is 17.7 Å². The fourth-order valence-corrected chi connectivity index (χ4v) is 3.22. The van der Waals surface area contributed by atoms with Gasteiger partial charge in [-0.15, -0.1) is 0 Å². The third kappa shape index (κ3) is 4.42. The number of nitrogens with one attached hydrogen (secondary N) is 1. The second-order valence-corrected chi connectivity index (χ2v) is 6.95. The Bertz CT molecular complexity index is 1140. The number of hydrogen-bond acceptors (Lipinski definition) is 6. The van der Waals surface area contributed by atoms with E-state index in [0.29, 0.717) is 23.8 Å². The van der Waals surface area contributed by atoms with Crippen LogP contribution in [-0.4, -0.2) is 15.1 Å². The van der Waals surface area contributed by atoms with Crippen LogP contribution >= 0.6 is 0 Å². The number of nitro groups is 1. The maximum absolute atomic E-state index is 11.0. The molecule has 150 valence electrons. The lowest BCUT2D eigenvalue weighted by Gasteiger charge is -2.19. The van der Waals surface area contributed by atoms with Crippen LogP contribution in [0.4, 0.5) is 5.69 Å². The van der Waals surface area contributed by atoms with E-state index in [9.17, 15) is 10.1 Å². The van der Waals surface area contributed by atoms with Crippen LogP contribution in [0.15, 0.2) is 83.4 Å². The Hall–Kier alpha value is -3.84. The maximum atomic E-state index is 11.0. The van der Waals surface area contributed by atoms with Crippen LogP contribution in [0.25, 0.3) is 11.4 Å². The number of nitro benzene ring substituents is 1. The lowest BCUT2D eigenvalue weighted by atomic mass is 9.98. The molecule has 0 aliphatic carbocycles. The van der Waals surface area contributed by atoms with E-state index in [-0.39, 0.29) is 11.7 Å². The van der Waals surface area contributed by atoms with E-state index in [1.165, 1.54) is 17.7 Å². The van der Waals surface area contributed by atoms with Crippen LogP contribution in [0.5, 0.6) is 0 Å². The van der Waals surface area contributed by atoms with Crippen molar-refractivity contribution < 1.29 is 9.45 Å². The van der Waals surface area contributed by atoms with Crippen LogP contribution in [0.1, 0.15) is 28.6 Å². The van der Waals surface area contributed by atoms with Crippen molar-refractivity contribution in [3.05, 3.63) is 112 Å². The molecule has 0 bridgehead atoms. The third-order valence-corrected chi connectivity index (χ3v) is 4.78. The van der Waals surface area contributed by atoms with Crippen LogP contribution in [0, 0.1) is 17.0 Å². The van der Waals surface area contributed by atoms with Crippen LogP contribution in [0.2, 0.25) is 0 Å². The van der Waals surface area contributed by atoms with Gasteiger partial charge in [-0.1, -0.05) is 77.5 Å². The van der Waals surface area contributed by atoms with E-state index in [0.717, 1.165) is 11.1 Å². The summed E-state index contributed by atoms with van der Waals surface area (Å²) < 4.78 is 5.37. The fourth-order valence-electron chi connectivity index (χ4n) is 3.22. The molecule has 0 saturated carbocycles. The number of aryl methyl sites for hydroxylation is 1. The molecule has 3 aromatic carbocycles. The molecule has 0 saturated heterocycles. The summed E-state index contributed by atoms with van der Waals surface area (Å²) in [5, 5.41) is 18.4. The van der Waals surface area contributed by atoms with Crippen molar-refractivity contribution in [2.45, 2.75) is 19.5 Å². The van der Waals surface area contributed by atoms with E-state index < -0.39 is 4.92 Å². The van der Waals surface area contributed by atoms with Gasteiger partial charge in [-0.2, -0.15) is 4.98 Å².